The van der Waals surface area contributed by atoms with Gasteiger partial charge in [0.15, 0.2) is 0 Å². The first-order chi connectivity index (χ1) is 6.92. The zero-order valence-electron chi connectivity index (χ0n) is 11.6. The molecule has 0 aromatic carbocycles. The molecule has 0 heterocycles. The van der Waals surface area contributed by atoms with Crippen molar-refractivity contribution >= 4 is 56.4 Å². The van der Waals surface area contributed by atoms with Gasteiger partial charge in [-0.05, 0) is 13.0 Å². The van der Waals surface area contributed by atoms with E-state index in [1.165, 1.54) is 13.0 Å². The van der Waals surface area contributed by atoms with E-state index in [9.17, 15) is 0 Å². The maximum absolute atomic E-state index is 4.94. The summed E-state index contributed by atoms with van der Waals surface area (Å²) in [6.45, 7) is 16.6. The summed E-state index contributed by atoms with van der Waals surface area (Å²) in [5.74, 6) is 0. The summed E-state index contributed by atoms with van der Waals surface area (Å²) in [6, 6.07) is 0. The highest BCUT2D eigenvalue weighted by Gasteiger charge is 2.33. The van der Waals surface area contributed by atoms with Gasteiger partial charge in [-0.15, -0.1) is 33.2 Å². The van der Waals surface area contributed by atoms with E-state index in [2.05, 4.69) is 50.4 Å². The first-order valence-electron chi connectivity index (χ1n) is 5.63. The number of hydrogen-bond acceptors (Lipinski definition) is 1. The Labute approximate surface area is 119 Å². The van der Waals surface area contributed by atoms with Crippen LogP contribution in [0, 0.1) is 0 Å². The predicted octanol–water partition coefficient (Wildman–Crippen LogP) is 4.79. The van der Waals surface area contributed by atoms with Crippen molar-refractivity contribution in [3.8, 4) is 0 Å². The van der Waals surface area contributed by atoms with Gasteiger partial charge in [-0.2, -0.15) is 0 Å². The van der Waals surface area contributed by atoms with Crippen LogP contribution in [0.5, 0.6) is 0 Å². The molecule has 0 aromatic heterocycles. The van der Waals surface area contributed by atoms with E-state index in [4.69, 9.17) is 33.2 Å². The van der Waals surface area contributed by atoms with Crippen molar-refractivity contribution < 1.29 is 0 Å². The zero-order valence-corrected chi connectivity index (χ0v) is 17.0. The summed E-state index contributed by atoms with van der Waals surface area (Å²) in [4.78, 5) is 0. The fourth-order valence-electron chi connectivity index (χ4n) is 1.90. The first kappa shape index (κ1) is 19.8. The predicted molar refractivity (Wildman–Crippen MR) is 88.4 cm³/mol. The highest BCUT2D eigenvalue weighted by atomic mass is 35.8. The van der Waals surface area contributed by atoms with Crippen LogP contribution in [0.3, 0.4) is 0 Å². The number of hydrogen-bond donors (Lipinski definition) is 0. The van der Waals surface area contributed by atoms with Gasteiger partial charge >= 0.3 is 6.73 Å². The summed E-state index contributed by atoms with van der Waals surface area (Å²) in [6.07, 6.45) is 1.30. The SMILES string of the molecule is CCCN([Si](C)(C)C)[Si](C)(C)C.Cl[SiH](Cl)Cl. The molecule has 0 fully saturated rings. The Hall–Kier alpha value is 1.48. The molecule has 0 amide bonds. The van der Waals surface area contributed by atoms with Crippen molar-refractivity contribution in [2.45, 2.75) is 52.6 Å². The Balaban J connectivity index is 0. The number of rotatable bonds is 4. The lowest BCUT2D eigenvalue weighted by molar-refractivity contribution is 0.602. The first-order valence-corrected chi connectivity index (χ1v) is 17.8. The molecule has 16 heavy (non-hydrogen) atoms. The number of nitrogens with zero attached hydrogens (tertiary/aromatic N) is 1. The van der Waals surface area contributed by atoms with Crippen LogP contribution in [0.4, 0.5) is 0 Å². The Morgan fingerprint density at radius 3 is 1.19 bits per heavy atom. The van der Waals surface area contributed by atoms with Crippen molar-refractivity contribution in [1.29, 1.82) is 0 Å². The van der Waals surface area contributed by atoms with Crippen LogP contribution in [-0.4, -0.2) is 34.0 Å². The van der Waals surface area contributed by atoms with Gasteiger partial charge in [0.1, 0.15) is 16.5 Å². The van der Waals surface area contributed by atoms with Gasteiger partial charge < -0.3 is 4.23 Å². The quantitative estimate of drug-likeness (QED) is 0.526. The second-order valence-corrected chi connectivity index (χ2v) is 22.4. The molecular weight excluding hydrogens is 313 g/mol. The van der Waals surface area contributed by atoms with Crippen molar-refractivity contribution in [2.75, 3.05) is 6.54 Å². The van der Waals surface area contributed by atoms with E-state index in [-0.39, 0.29) is 0 Å². The lowest BCUT2D eigenvalue weighted by atomic mass is 10.5. The third kappa shape index (κ3) is 12.0. The molecule has 0 spiro atoms. The van der Waals surface area contributed by atoms with Crippen molar-refractivity contribution in [3.63, 3.8) is 0 Å². The molecule has 0 aliphatic heterocycles. The van der Waals surface area contributed by atoms with E-state index in [1.54, 1.807) is 0 Å². The van der Waals surface area contributed by atoms with E-state index in [0.29, 0.717) is 0 Å². The summed E-state index contributed by atoms with van der Waals surface area (Å²) >= 11 is 14.8. The van der Waals surface area contributed by atoms with Gasteiger partial charge in [0.2, 0.25) is 0 Å². The normalized spacial score (nSPS) is 12.8. The molecular formula is C9H26Cl3NSi3. The Morgan fingerprint density at radius 1 is 0.875 bits per heavy atom. The molecule has 0 N–H and O–H groups in total. The monoisotopic (exact) mass is 337 g/mol. The van der Waals surface area contributed by atoms with E-state index >= 15 is 0 Å². The van der Waals surface area contributed by atoms with Gasteiger partial charge in [0, 0.05) is 0 Å². The molecule has 0 rings (SSSR count). The summed E-state index contributed by atoms with van der Waals surface area (Å²) in [5.41, 5.74) is 0. The molecule has 0 aliphatic carbocycles. The van der Waals surface area contributed by atoms with Gasteiger partial charge in [-0.3, -0.25) is 0 Å². The van der Waals surface area contributed by atoms with Crippen molar-refractivity contribution in [2.24, 2.45) is 0 Å². The maximum atomic E-state index is 4.94. The minimum absolute atomic E-state index is 1.05. The lowest BCUT2D eigenvalue weighted by Gasteiger charge is -2.43. The Bertz CT molecular complexity index is 161. The third-order valence-corrected chi connectivity index (χ3v) is 9.78. The second kappa shape index (κ2) is 8.56. The van der Waals surface area contributed by atoms with E-state index < -0.39 is 23.2 Å². The Morgan fingerprint density at radius 2 is 1.12 bits per heavy atom. The van der Waals surface area contributed by atoms with E-state index in [1.807, 2.05) is 0 Å². The van der Waals surface area contributed by atoms with Crippen LogP contribution >= 0.6 is 33.2 Å². The van der Waals surface area contributed by atoms with Crippen molar-refractivity contribution in [3.05, 3.63) is 0 Å². The van der Waals surface area contributed by atoms with Crippen LogP contribution in [0.25, 0.3) is 0 Å². The summed E-state index contributed by atoms with van der Waals surface area (Å²) < 4.78 is 2.83. The molecule has 7 heteroatoms. The minimum atomic E-state index is -1.72. The molecule has 0 unspecified atom stereocenters. The molecule has 0 radical (unpaired) electrons. The fourth-order valence-corrected chi connectivity index (χ4v) is 11.7. The van der Waals surface area contributed by atoms with Crippen LogP contribution in [0.2, 0.25) is 39.3 Å². The minimum Gasteiger partial charge on any atom is -0.346 e. The molecule has 0 atom stereocenters. The van der Waals surface area contributed by atoms with Crippen LogP contribution in [-0.2, 0) is 0 Å². The second-order valence-electron chi connectivity index (χ2n) is 5.74. The van der Waals surface area contributed by atoms with Crippen LogP contribution in [0.1, 0.15) is 13.3 Å². The van der Waals surface area contributed by atoms with Crippen LogP contribution in [0.15, 0.2) is 0 Å². The maximum Gasteiger partial charge on any atom is 0.326 e. The molecule has 0 aliphatic rings. The third-order valence-electron chi connectivity index (χ3n) is 2.07. The Kier molecular flexibility index (Phi) is 10.6. The average molecular weight is 339 g/mol. The van der Waals surface area contributed by atoms with Gasteiger partial charge in [-0.1, -0.05) is 46.2 Å². The highest BCUT2D eigenvalue weighted by molar-refractivity contribution is 7.54. The number of halogens is 3. The zero-order chi connectivity index (χ0) is 13.6. The molecule has 0 aromatic rings. The molecule has 100 valence electrons. The largest absolute Gasteiger partial charge is 0.346 e. The van der Waals surface area contributed by atoms with Gasteiger partial charge in [0.25, 0.3) is 0 Å². The molecule has 0 saturated carbocycles. The van der Waals surface area contributed by atoms with Crippen molar-refractivity contribution in [1.82, 2.24) is 4.23 Å². The molecule has 0 saturated heterocycles. The lowest BCUT2D eigenvalue weighted by Crippen LogP contribution is -2.59. The van der Waals surface area contributed by atoms with Gasteiger partial charge in [0.05, 0.1) is 0 Å². The standard InChI is InChI=1S/C9H25NSi2.Cl3HSi/c1-8-9-10(11(2,3)4)12(5,6)7;1-4(2)3/h8-9H2,1-7H3;4H. The molecule has 0 bridgehead atoms. The van der Waals surface area contributed by atoms with E-state index in [0.717, 1.165) is 0 Å². The highest BCUT2D eigenvalue weighted by Crippen LogP contribution is 2.19. The fraction of sp³-hybridized carbons (Fsp3) is 1.00. The summed E-state index contributed by atoms with van der Waals surface area (Å²) in [5, 5.41) is 0. The summed E-state index contributed by atoms with van der Waals surface area (Å²) in [7, 11) is -2.10. The average Bonchev–Trinajstić information content (AvgIpc) is 1.94. The topological polar surface area (TPSA) is 3.24 Å². The van der Waals surface area contributed by atoms with Crippen LogP contribution < -0.4 is 0 Å². The molecule has 1 nitrogen and oxygen atoms in total. The van der Waals surface area contributed by atoms with Gasteiger partial charge in [-0.25, -0.2) is 0 Å². The smallest absolute Gasteiger partial charge is 0.326 e.